The molecule has 0 bridgehead atoms. The molecule has 0 aromatic heterocycles. The molecular formula is C6H3F4NO2S. The van der Waals surface area contributed by atoms with Crippen molar-refractivity contribution in [3.8, 4) is 0 Å². The van der Waals surface area contributed by atoms with E-state index in [2.05, 4.69) is 5.73 Å². The Labute approximate surface area is 77.8 Å². The van der Waals surface area contributed by atoms with Gasteiger partial charge in [0.25, 0.3) is 0 Å². The molecule has 1 rings (SSSR count). The Hall–Kier alpha value is -1.15. The lowest BCUT2D eigenvalue weighted by Gasteiger charge is -2.05. The molecule has 78 valence electrons. The standard InChI is InChI=1S/C6H3F4NO2S/c7-1-3(9)6(14(12)13)4(10)2(8)5(1)11/h11H2,(H,12,13). The minimum Gasteiger partial charge on any atom is -0.394 e. The number of hydrogen-bond acceptors (Lipinski definition) is 2. The molecule has 0 aliphatic heterocycles. The lowest BCUT2D eigenvalue weighted by atomic mass is 10.2. The van der Waals surface area contributed by atoms with Crippen molar-refractivity contribution in [3.63, 3.8) is 0 Å². The van der Waals surface area contributed by atoms with E-state index < -0.39 is 44.9 Å². The maximum atomic E-state index is 12.7. The molecule has 0 saturated carbocycles. The number of nitrogen functional groups attached to an aromatic ring is 1. The lowest BCUT2D eigenvalue weighted by Crippen LogP contribution is -2.08. The van der Waals surface area contributed by atoms with Crippen molar-refractivity contribution in [1.82, 2.24) is 0 Å². The number of rotatable bonds is 1. The van der Waals surface area contributed by atoms with Gasteiger partial charge in [0.2, 0.25) is 0 Å². The van der Waals surface area contributed by atoms with Gasteiger partial charge in [-0.25, -0.2) is 21.8 Å². The lowest BCUT2D eigenvalue weighted by molar-refractivity contribution is 0.422. The molecule has 0 radical (unpaired) electrons. The molecule has 0 heterocycles. The maximum Gasteiger partial charge on any atom is 0.192 e. The zero-order valence-corrected chi connectivity index (χ0v) is 7.17. The third-order valence-corrected chi connectivity index (χ3v) is 2.14. The minimum atomic E-state index is -3.17. The number of halogens is 4. The summed E-state index contributed by atoms with van der Waals surface area (Å²) in [6, 6.07) is 0. The molecule has 14 heavy (non-hydrogen) atoms. The highest BCUT2D eigenvalue weighted by atomic mass is 32.2. The molecule has 1 aromatic carbocycles. The van der Waals surface area contributed by atoms with E-state index >= 15 is 0 Å². The van der Waals surface area contributed by atoms with Crippen LogP contribution in [0, 0.1) is 23.3 Å². The largest absolute Gasteiger partial charge is 0.394 e. The SMILES string of the molecule is Nc1c(F)c(F)c(S(=O)O)c(F)c1F. The van der Waals surface area contributed by atoms with Gasteiger partial charge >= 0.3 is 0 Å². The summed E-state index contributed by atoms with van der Waals surface area (Å²) in [5.41, 5.74) is 3.28. The molecule has 3 nitrogen and oxygen atoms in total. The summed E-state index contributed by atoms with van der Waals surface area (Å²) in [5, 5.41) is 0. The Bertz CT molecular complexity index is 394. The van der Waals surface area contributed by atoms with Crippen LogP contribution in [0.1, 0.15) is 0 Å². The molecule has 8 heteroatoms. The number of anilines is 1. The average Bonchev–Trinajstić information content (AvgIpc) is 2.11. The second kappa shape index (κ2) is 3.54. The summed E-state index contributed by atoms with van der Waals surface area (Å²) in [6.45, 7) is 0. The Morgan fingerprint density at radius 2 is 1.36 bits per heavy atom. The van der Waals surface area contributed by atoms with Crippen molar-refractivity contribution in [1.29, 1.82) is 0 Å². The van der Waals surface area contributed by atoms with Gasteiger partial charge in [-0.1, -0.05) is 0 Å². The van der Waals surface area contributed by atoms with Gasteiger partial charge in [0.1, 0.15) is 10.6 Å². The van der Waals surface area contributed by atoms with Gasteiger partial charge in [-0.15, -0.1) is 0 Å². The zero-order chi connectivity index (χ0) is 11.0. The summed E-state index contributed by atoms with van der Waals surface area (Å²) >= 11 is -3.17. The van der Waals surface area contributed by atoms with E-state index in [4.69, 9.17) is 4.55 Å². The van der Waals surface area contributed by atoms with Crippen LogP contribution < -0.4 is 5.73 Å². The first-order chi connectivity index (χ1) is 6.37. The summed E-state index contributed by atoms with van der Waals surface area (Å²) in [4.78, 5) is -1.59. The van der Waals surface area contributed by atoms with Crippen LogP contribution in [0.25, 0.3) is 0 Å². The predicted molar refractivity (Wildman–Crippen MR) is 39.7 cm³/mol. The van der Waals surface area contributed by atoms with Crippen LogP contribution in [0.5, 0.6) is 0 Å². The van der Waals surface area contributed by atoms with Crippen LogP contribution in [0.2, 0.25) is 0 Å². The zero-order valence-electron chi connectivity index (χ0n) is 6.35. The highest BCUT2D eigenvalue weighted by Gasteiger charge is 2.26. The summed E-state index contributed by atoms with van der Waals surface area (Å²) < 4.78 is 69.4. The van der Waals surface area contributed by atoms with Crippen molar-refractivity contribution in [2.75, 3.05) is 5.73 Å². The van der Waals surface area contributed by atoms with Crippen LogP contribution in [0.4, 0.5) is 23.2 Å². The van der Waals surface area contributed by atoms with E-state index in [1.54, 1.807) is 0 Å². The van der Waals surface area contributed by atoms with Gasteiger partial charge < -0.3 is 10.3 Å². The molecular weight excluding hydrogens is 226 g/mol. The molecule has 0 spiro atoms. The Morgan fingerprint density at radius 3 is 1.64 bits per heavy atom. The van der Waals surface area contributed by atoms with E-state index in [1.807, 2.05) is 0 Å². The first-order valence-electron chi connectivity index (χ1n) is 3.10. The van der Waals surface area contributed by atoms with Crippen LogP contribution >= 0.6 is 0 Å². The number of nitrogens with two attached hydrogens (primary N) is 1. The van der Waals surface area contributed by atoms with E-state index in [9.17, 15) is 21.8 Å². The van der Waals surface area contributed by atoms with Crippen LogP contribution in [0.3, 0.4) is 0 Å². The maximum absolute atomic E-state index is 12.7. The van der Waals surface area contributed by atoms with E-state index in [-0.39, 0.29) is 0 Å². The molecule has 0 fully saturated rings. The second-order valence-electron chi connectivity index (χ2n) is 2.25. The third kappa shape index (κ3) is 1.46. The monoisotopic (exact) mass is 229 g/mol. The highest BCUT2D eigenvalue weighted by molar-refractivity contribution is 7.79. The van der Waals surface area contributed by atoms with Gasteiger partial charge in [-0.2, -0.15) is 0 Å². The molecule has 0 amide bonds. The first-order valence-corrected chi connectivity index (χ1v) is 4.20. The van der Waals surface area contributed by atoms with Crippen molar-refractivity contribution >= 4 is 16.8 Å². The summed E-state index contributed by atoms with van der Waals surface area (Å²) in [6.07, 6.45) is 0. The molecule has 1 aromatic rings. The molecule has 3 N–H and O–H groups in total. The van der Waals surface area contributed by atoms with E-state index in [0.29, 0.717) is 0 Å². The number of benzene rings is 1. The van der Waals surface area contributed by atoms with Crippen LogP contribution in [-0.2, 0) is 11.1 Å². The Kier molecular flexibility index (Phi) is 2.76. The van der Waals surface area contributed by atoms with Gasteiger partial charge in [0.05, 0.1) is 0 Å². The highest BCUT2D eigenvalue weighted by Crippen LogP contribution is 2.27. The van der Waals surface area contributed by atoms with Gasteiger partial charge in [0.15, 0.2) is 34.3 Å². The van der Waals surface area contributed by atoms with Gasteiger partial charge in [0, 0.05) is 0 Å². The normalized spacial score (nSPS) is 12.9. The fourth-order valence-electron chi connectivity index (χ4n) is 0.782. The van der Waals surface area contributed by atoms with Gasteiger partial charge in [-0.3, -0.25) is 0 Å². The first kappa shape index (κ1) is 10.9. The second-order valence-corrected chi connectivity index (χ2v) is 3.15. The molecule has 1 unspecified atom stereocenters. The smallest absolute Gasteiger partial charge is 0.192 e. The third-order valence-electron chi connectivity index (χ3n) is 1.43. The van der Waals surface area contributed by atoms with Crippen molar-refractivity contribution in [2.45, 2.75) is 4.90 Å². The van der Waals surface area contributed by atoms with Crippen LogP contribution in [-0.4, -0.2) is 8.76 Å². The minimum absolute atomic E-state index is 1.37. The van der Waals surface area contributed by atoms with Crippen molar-refractivity contribution in [3.05, 3.63) is 23.3 Å². The Balaban J connectivity index is 3.68. The van der Waals surface area contributed by atoms with E-state index in [1.165, 1.54) is 0 Å². The predicted octanol–water partition coefficient (Wildman–Crippen LogP) is 1.41. The molecule has 0 aliphatic rings. The van der Waals surface area contributed by atoms with Crippen molar-refractivity contribution < 1.29 is 26.3 Å². The van der Waals surface area contributed by atoms with Crippen LogP contribution in [0.15, 0.2) is 4.90 Å². The molecule has 1 atom stereocenters. The fraction of sp³-hybridized carbons (Fsp3) is 0. The van der Waals surface area contributed by atoms with Gasteiger partial charge in [-0.05, 0) is 0 Å². The quantitative estimate of drug-likeness (QED) is 0.331. The van der Waals surface area contributed by atoms with Crippen molar-refractivity contribution in [2.24, 2.45) is 0 Å². The number of hydrogen-bond donors (Lipinski definition) is 2. The molecule has 0 aliphatic carbocycles. The van der Waals surface area contributed by atoms with E-state index in [0.717, 1.165) is 0 Å². The Morgan fingerprint density at radius 1 is 1.00 bits per heavy atom. The topological polar surface area (TPSA) is 63.3 Å². The molecule has 0 saturated heterocycles. The fourth-order valence-corrected chi connectivity index (χ4v) is 1.27. The summed E-state index contributed by atoms with van der Waals surface area (Å²) in [7, 11) is 0. The average molecular weight is 229 g/mol. The summed E-state index contributed by atoms with van der Waals surface area (Å²) in [5.74, 6) is -7.72.